The number of H-pyrrole nitrogens is 1. The molecule has 9 heteroatoms. The van der Waals surface area contributed by atoms with Gasteiger partial charge in [-0.1, -0.05) is 0 Å². The lowest BCUT2D eigenvalue weighted by molar-refractivity contribution is -0.0379. The summed E-state index contributed by atoms with van der Waals surface area (Å²) < 4.78 is 10.2. The Balaban J connectivity index is 1.76. The first-order valence-electron chi connectivity index (χ1n) is 7.17. The van der Waals surface area contributed by atoms with Gasteiger partial charge in [0.25, 0.3) is 0 Å². The van der Waals surface area contributed by atoms with Gasteiger partial charge >= 0.3 is 0 Å². The Hall–Kier alpha value is -2.86. The van der Waals surface area contributed by atoms with Crippen LogP contribution in [0.4, 0.5) is 17.5 Å². The number of aromatic amines is 1. The summed E-state index contributed by atoms with van der Waals surface area (Å²) in [6, 6.07) is 3.88. The van der Waals surface area contributed by atoms with Crippen molar-refractivity contribution < 1.29 is 9.47 Å². The third-order valence-electron chi connectivity index (χ3n) is 3.64. The van der Waals surface area contributed by atoms with Crippen LogP contribution < -0.4 is 15.4 Å². The molecule has 0 bridgehead atoms. The van der Waals surface area contributed by atoms with E-state index in [2.05, 4.69) is 30.8 Å². The molecule has 1 fully saturated rings. The Morgan fingerprint density at radius 2 is 2.30 bits per heavy atom. The number of hydrogen-bond acceptors (Lipinski definition) is 8. The molecule has 120 valence electrons. The highest BCUT2D eigenvalue weighted by molar-refractivity contribution is 5.57. The topological polar surface area (TPSA) is 121 Å². The van der Waals surface area contributed by atoms with E-state index in [1.807, 2.05) is 13.0 Å². The Morgan fingerprint density at radius 3 is 2.91 bits per heavy atom. The number of anilines is 3. The lowest BCUT2D eigenvalue weighted by Crippen LogP contribution is -2.40. The van der Waals surface area contributed by atoms with Crippen molar-refractivity contribution in [3.8, 4) is 11.9 Å². The first-order chi connectivity index (χ1) is 11.2. The summed E-state index contributed by atoms with van der Waals surface area (Å²) in [6.45, 7) is 3.47. The van der Waals surface area contributed by atoms with Crippen LogP contribution in [0.15, 0.2) is 12.3 Å². The largest absolute Gasteiger partial charge is 0.481 e. The van der Waals surface area contributed by atoms with Crippen LogP contribution in [0.5, 0.6) is 5.88 Å². The standard InChI is InChI=1S/C14H17N7O2/c1-8(9-6-23-7-9)17-14-10(4-15)16-5-12(19-14)18-11-3-13(22-2)21-20-11/h3,5,8-9H,6-7H2,1-2H3,(H3,17,18,19,20,21)/t8-/m0/s1. The van der Waals surface area contributed by atoms with Gasteiger partial charge in [-0.3, -0.25) is 0 Å². The van der Waals surface area contributed by atoms with Crippen LogP contribution in [-0.4, -0.2) is 46.5 Å². The molecule has 3 rings (SSSR count). The first-order valence-corrected chi connectivity index (χ1v) is 7.17. The van der Waals surface area contributed by atoms with E-state index in [-0.39, 0.29) is 11.7 Å². The molecule has 1 aliphatic heterocycles. The fourth-order valence-corrected chi connectivity index (χ4v) is 2.11. The fourth-order valence-electron chi connectivity index (χ4n) is 2.11. The SMILES string of the molecule is COc1cc(Nc2cnc(C#N)c(N[C@@H](C)C3COC3)n2)n[nH]1. The zero-order valence-corrected chi connectivity index (χ0v) is 12.8. The summed E-state index contributed by atoms with van der Waals surface area (Å²) >= 11 is 0. The van der Waals surface area contributed by atoms with Gasteiger partial charge in [0, 0.05) is 18.0 Å². The zero-order chi connectivity index (χ0) is 16.2. The van der Waals surface area contributed by atoms with Gasteiger partial charge < -0.3 is 20.1 Å². The van der Waals surface area contributed by atoms with Crippen LogP contribution in [-0.2, 0) is 4.74 Å². The molecule has 0 saturated carbocycles. The summed E-state index contributed by atoms with van der Waals surface area (Å²) in [7, 11) is 1.55. The van der Waals surface area contributed by atoms with Crippen molar-refractivity contribution in [2.45, 2.75) is 13.0 Å². The van der Waals surface area contributed by atoms with Crippen molar-refractivity contribution >= 4 is 17.5 Å². The van der Waals surface area contributed by atoms with E-state index in [4.69, 9.17) is 9.47 Å². The van der Waals surface area contributed by atoms with Gasteiger partial charge in [0.05, 0.1) is 26.5 Å². The molecule has 2 aromatic rings. The summed E-state index contributed by atoms with van der Waals surface area (Å²) in [5, 5.41) is 22.2. The van der Waals surface area contributed by atoms with Gasteiger partial charge in [-0.05, 0) is 6.92 Å². The lowest BCUT2D eigenvalue weighted by atomic mass is 10.00. The van der Waals surface area contributed by atoms with Crippen LogP contribution in [0.3, 0.4) is 0 Å². The van der Waals surface area contributed by atoms with Crippen LogP contribution in [0.1, 0.15) is 12.6 Å². The lowest BCUT2D eigenvalue weighted by Gasteiger charge is -2.32. The molecule has 0 aromatic carbocycles. The number of rotatable bonds is 6. The molecule has 9 nitrogen and oxygen atoms in total. The van der Waals surface area contributed by atoms with Crippen LogP contribution in [0.25, 0.3) is 0 Å². The van der Waals surface area contributed by atoms with Gasteiger partial charge in [0.2, 0.25) is 5.88 Å². The molecule has 3 heterocycles. The number of methoxy groups -OCH3 is 1. The average Bonchev–Trinajstić information content (AvgIpc) is 2.93. The van der Waals surface area contributed by atoms with Crippen LogP contribution >= 0.6 is 0 Å². The molecular weight excluding hydrogens is 298 g/mol. The molecule has 1 atom stereocenters. The van der Waals surface area contributed by atoms with E-state index in [0.29, 0.717) is 42.5 Å². The Labute approximate surface area is 133 Å². The second-order valence-corrected chi connectivity index (χ2v) is 5.24. The number of nitrogens with one attached hydrogen (secondary N) is 3. The van der Waals surface area contributed by atoms with Crippen molar-refractivity contribution in [2.24, 2.45) is 5.92 Å². The number of aromatic nitrogens is 4. The smallest absolute Gasteiger partial charge is 0.210 e. The second-order valence-electron chi connectivity index (χ2n) is 5.24. The van der Waals surface area contributed by atoms with Gasteiger partial charge in [0.15, 0.2) is 23.1 Å². The van der Waals surface area contributed by atoms with E-state index < -0.39 is 0 Å². The Bertz CT molecular complexity index is 720. The molecule has 2 aromatic heterocycles. The van der Waals surface area contributed by atoms with Gasteiger partial charge in [-0.15, -0.1) is 0 Å². The van der Waals surface area contributed by atoms with Gasteiger partial charge in [0.1, 0.15) is 6.07 Å². The molecule has 0 spiro atoms. The maximum Gasteiger partial charge on any atom is 0.210 e. The molecule has 1 aliphatic rings. The minimum absolute atomic E-state index is 0.144. The number of nitrogens with zero attached hydrogens (tertiary/aromatic N) is 4. The van der Waals surface area contributed by atoms with Crippen molar-refractivity contribution in [2.75, 3.05) is 31.0 Å². The molecule has 0 amide bonds. The van der Waals surface area contributed by atoms with E-state index in [0.717, 1.165) is 0 Å². The molecule has 0 aliphatic carbocycles. The van der Waals surface area contributed by atoms with E-state index in [1.54, 1.807) is 13.2 Å². The highest BCUT2D eigenvalue weighted by Gasteiger charge is 2.26. The normalized spacial score (nSPS) is 15.3. The van der Waals surface area contributed by atoms with E-state index in [1.165, 1.54) is 6.20 Å². The summed E-state index contributed by atoms with van der Waals surface area (Å²) in [6.07, 6.45) is 1.49. The quantitative estimate of drug-likeness (QED) is 0.728. The van der Waals surface area contributed by atoms with Crippen molar-refractivity contribution in [1.29, 1.82) is 5.26 Å². The van der Waals surface area contributed by atoms with Crippen molar-refractivity contribution in [1.82, 2.24) is 20.2 Å². The molecule has 23 heavy (non-hydrogen) atoms. The number of ether oxygens (including phenoxy) is 2. The summed E-state index contributed by atoms with van der Waals surface area (Å²) in [5.41, 5.74) is 0.252. The maximum atomic E-state index is 9.19. The van der Waals surface area contributed by atoms with Crippen molar-refractivity contribution in [3.05, 3.63) is 18.0 Å². The molecule has 0 radical (unpaired) electrons. The summed E-state index contributed by atoms with van der Waals surface area (Å²) in [4.78, 5) is 8.54. The van der Waals surface area contributed by atoms with Crippen LogP contribution in [0, 0.1) is 17.2 Å². The molecule has 0 unspecified atom stereocenters. The molecular formula is C14H17N7O2. The highest BCUT2D eigenvalue weighted by atomic mass is 16.5. The van der Waals surface area contributed by atoms with E-state index in [9.17, 15) is 5.26 Å². The Kier molecular flexibility index (Phi) is 4.25. The molecule has 1 saturated heterocycles. The third kappa shape index (κ3) is 3.32. The maximum absolute atomic E-state index is 9.19. The predicted molar refractivity (Wildman–Crippen MR) is 82.6 cm³/mol. The third-order valence-corrected chi connectivity index (χ3v) is 3.64. The number of nitriles is 1. The van der Waals surface area contributed by atoms with Gasteiger partial charge in [-0.2, -0.15) is 10.4 Å². The second kappa shape index (κ2) is 6.50. The Morgan fingerprint density at radius 1 is 1.48 bits per heavy atom. The van der Waals surface area contributed by atoms with E-state index >= 15 is 0 Å². The predicted octanol–water partition coefficient (Wildman–Crippen LogP) is 1.27. The minimum Gasteiger partial charge on any atom is -0.481 e. The number of hydrogen-bond donors (Lipinski definition) is 3. The monoisotopic (exact) mass is 315 g/mol. The minimum atomic E-state index is 0.144. The fraction of sp³-hybridized carbons (Fsp3) is 0.429. The van der Waals surface area contributed by atoms with Crippen LogP contribution in [0.2, 0.25) is 0 Å². The highest BCUT2D eigenvalue weighted by Crippen LogP contribution is 2.22. The average molecular weight is 315 g/mol. The zero-order valence-electron chi connectivity index (χ0n) is 12.8. The van der Waals surface area contributed by atoms with Gasteiger partial charge in [-0.25, -0.2) is 15.1 Å². The van der Waals surface area contributed by atoms with Crippen molar-refractivity contribution in [3.63, 3.8) is 0 Å². The summed E-state index contributed by atoms with van der Waals surface area (Å²) in [5.74, 6) is 2.42. The molecule has 3 N–H and O–H groups in total. The first kappa shape index (κ1) is 15.1.